The van der Waals surface area contributed by atoms with Gasteiger partial charge >= 0.3 is 11.9 Å². The van der Waals surface area contributed by atoms with E-state index in [1.165, 1.54) is 11.1 Å². The van der Waals surface area contributed by atoms with Crippen molar-refractivity contribution < 1.29 is 19.1 Å². The van der Waals surface area contributed by atoms with E-state index in [0.29, 0.717) is 23.4 Å². The number of rotatable bonds is 7. The van der Waals surface area contributed by atoms with Crippen LogP contribution in [0.2, 0.25) is 0 Å². The third-order valence-electron chi connectivity index (χ3n) is 7.16. The number of benzene rings is 1. The standard InChI is InChI=1S/C27H33N3O4/c1-5-21(24-16-33-26(31)19(24)4)25(28)14-17(2)30-12-10-29(11-13-30)9-8-20-6-7-22-23(18(20)3)15-34-27(22)32/h5-7,14H,1,8-13,15-16,28H2,2-4H3/b17-14+,25-21-. The van der Waals surface area contributed by atoms with Crippen LogP contribution in [0.5, 0.6) is 0 Å². The first-order chi connectivity index (χ1) is 16.3. The fraction of sp³-hybridized carbons (Fsp3) is 0.407. The number of fused-ring (bicyclic) bond motifs is 1. The number of esters is 2. The molecule has 2 N–H and O–H groups in total. The smallest absolute Gasteiger partial charge is 0.338 e. The number of nitrogens with zero attached hydrogens (tertiary/aromatic N) is 2. The maximum absolute atomic E-state index is 11.8. The molecular formula is C27H33N3O4. The summed E-state index contributed by atoms with van der Waals surface area (Å²) in [5.74, 6) is -0.507. The molecule has 3 heterocycles. The molecule has 7 heteroatoms. The van der Waals surface area contributed by atoms with Crippen LogP contribution in [0, 0.1) is 6.92 Å². The van der Waals surface area contributed by atoms with Crippen LogP contribution >= 0.6 is 0 Å². The second-order valence-corrected chi connectivity index (χ2v) is 9.07. The Bertz CT molecular complexity index is 1120. The molecule has 4 rings (SSSR count). The van der Waals surface area contributed by atoms with Crippen molar-refractivity contribution in [3.63, 3.8) is 0 Å². The Hall–Kier alpha value is -3.32. The first-order valence-corrected chi connectivity index (χ1v) is 11.7. The summed E-state index contributed by atoms with van der Waals surface area (Å²) in [7, 11) is 0. The van der Waals surface area contributed by atoms with Gasteiger partial charge in [0.05, 0.1) is 5.56 Å². The molecule has 1 saturated heterocycles. The van der Waals surface area contributed by atoms with E-state index in [1.54, 1.807) is 13.0 Å². The molecule has 3 aliphatic heterocycles. The minimum Gasteiger partial charge on any atom is -0.457 e. The number of allylic oxidation sites excluding steroid dienone is 3. The van der Waals surface area contributed by atoms with Gasteiger partial charge in [0.2, 0.25) is 0 Å². The van der Waals surface area contributed by atoms with Gasteiger partial charge in [-0.05, 0) is 50.5 Å². The van der Waals surface area contributed by atoms with Crippen molar-refractivity contribution in [2.45, 2.75) is 33.8 Å². The molecule has 0 bridgehead atoms. The number of carbonyl (C=O) groups excluding carboxylic acids is 2. The van der Waals surface area contributed by atoms with Crippen LogP contribution in [0.1, 0.15) is 40.9 Å². The van der Waals surface area contributed by atoms with Crippen molar-refractivity contribution in [1.29, 1.82) is 0 Å². The quantitative estimate of drug-likeness (QED) is 0.491. The van der Waals surface area contributed by atoms with E-state index in [1.807, 2.05) is 12.1 Å². The number of hydrogen-bond donors (Lipinski definition) is 1. The third kappa shape index (κ3) is 4.66. The number of nitrogens with two attached hydrogens (primary N) is 1. The molecule has 0 radical (unpaired) electrons. The Morgan fingerprint density at radius 2 is 1.79 bits per heavy atom. The number of ether oxygens (including phenoxy) is 2. The largest absolute Gasteiger partial charge is 0.457 e. The zero-order chi connectivity index (χ0) is 24.4. The normalized spacial score (nSPS) is 19.7. The van der Waals surface area contributed by atoms with Gasteiger partial charge in [0.25, 0.3) is 0 Å². The summed E-state index contributed by atoms with van der Waals surface area (Å²) >= 11 is 0. The average Bonchev–Trinajstić information content (AvgIpc) is 3.37. The predicted octanol–water partition coefficient (Wildman–Crippen LogP) is 3.00. The summed E-state index contributed by atoms with van der Waals surface area (Å²) in [4.78, 5) is 28.3. The summed E-state index contributed by atoms with van der Waals surface area (Å²) in [6, 6.07) is 3.97. The van der Waals surface area contributed by atoms with Crippen LogP contribution < -0.4 is 5.73 Å². The van der Waals surface area contributed by atoms with Gasteiger partial charge in [-0.25, -0.2) is 9.59 Å². The predicted molar refractivity (Wildman–Crippen MR) is 131 cm³/mol. The number of carbonyl (C=O) groups is 2. The second kappa shape index (κ2) is 9.89. The highest BCUT2D eigenvalue weighted by Gasteiger charge is 2.25. The van der Waals surface area contributed by atoms with Crippen LogP contribution in [-0.4, -0.2) is 61.1 Å². The van der Waals surface area contributed by atoms with Crippen molar-refractivity contribution in [1.82, 2.24) is 9.80 Å². The Labute approximate surface area is 201 Å². The van der Waals surface area contributed by atoms with E-state index in [-0.39, 0.29) is 18.5 Å². The summed E-state index contributed by atoms with van der Waals surface area (Å²) in [5, 5.41) is 0. The molecule has 0 saturated carbocycles. The maximum Gasteiger partial charge on any atom is 0.338 e. The summed E-state index contributed by atoms with van der Waals surface area (Å²) < 4.78 is 10.3. The average molecular weight is 464 g/mol. The van der Waals surface area contributed by atoms with E-state index in [4.69, 9.17) is 15.2 Å². The van der Waals surface area contributed by atoms with Gasteiger partial charge in [0.15, 0.2) is 0 Å². The van der Waals surface area contributed by atoms with Gasteiger partial charge in [0, 0.05) is 66.4 Å². The Balaban J connectivity index is 1.35. The molecule has 0 atom stereocenters. The molecule has 34 heavy (non-hydrogen) atoms. The number of piperazine rings is 1. The van der Waals surface area contributed by atoms with Gasteiger partial charge < -0.3 is 20.1 Å². The summed E-state index contributed by atoms with van der Waals surface area (Å²) in [6.45, 7) is 15.2. The molecule has 0 amide bonds. The molecule has 0 aromatic heterocycles. The molecule has 180 valence electrons. The molecule has 0 spiro atoms. The summed E-state index contributed by atoms with van der Waals surface area (Å²) in [5.41, 5.74) is 14.5. The molecule has 1 aromatic rings. The van der Waals surface area contributed by atoms with E-state index >= 15 is 0 Å². The Kier molecular flexibility index (Phi) is 6.93. The monoisotopic (exact) mass is 463 g/mol. The molecule has 1 aromatic carbocycles. The second-order valence-electron chi connectivity index (χ2n) is 9.07. The highest BCUT2D eigenvalue weighted by molar-refractivity contribution is 5.94. The zero-order valence-electron chi connectivity index (χ0n) is 20.3. The maximum atomic E-state index is 11.8. The Morgan fingerprint density at radius 1 is 1.09 bits per heavy atom. The lowest BCUT2D eigenvalue weighted by Gasteiger charge is -2.36. The van der Waals surface area contributed by atoms with Crippen molar-refractivity contribution in [3.05, 3.63) is 81.2 Å². The Morgan fingerprint density at radius 3 is 2.44 bits per heavy atom. The SMILES string of the molecule is C=C/C(C1=C(C)C(=O)OC1)=C(N)\C=C(/C)N1CCN(CCc2ccc3c(c2C)COC3=O)CC1. The lowest BCUT2D eigenvalue weighted by Crippen LogP contribution is -2.46. The first kappa shape index (κ1) is 23.8. The molecule has 1 fully saturated rings. The van der Waals surface area contributed by atoms with Crippen LogP contribution in [0.3, 0.4) is 0 Å². The number of cyclic esters (lactones) is 2. The van der Waals surface area contributed by atoms with Gasteiger partial charge in [-0.3, -0.25) is 4.90 Å². The zero-order valence-corrected chi connectivity index (χ0v) is 20.3. The van der Waals surface area contributed by atoms with Gasteiger partial charge in [0.1, 0.15) is 13.2 Å². The van der Waals surface area contributed by atoms with E-state index in [2.05, 4.69) is 36.3 Å². The first-order valence-electron chi connectivity index (χ1n) is 11.7. The van der Waals surface area contributed by atoms with E-state index < -0.39 is 0 Å². The highest BCUT2D eigenvalue weighted by atomic mass is 16.5. The van der Waals surface area contributed by atoms with Gasteiger partial charge in [-0.15, -0.1) is 0 Å². The number of hydrogen-bond acceptors (Lipinski definition) is 7. The molecule has 7 nitrogen and oxygen atoms in total. The minimum atomic E-state index is -0.295. The van der Waals surface area contributed by atoms with Crippen LogP contribution in [0.25, 0.3) is 0 Å². The molecular weight excluding hydrogens is 430 g/mol. The van der Waals surface area contributed by atoms with Crippen molar-refractivity contribution >= 4 is 11.9 Å². The molecule has 0 unspecified atom stereocenters. The topological polar surface area (TPSA) is 85.1 Å². The lowest BCUT2D eigenvalue weighted by atomic mass is 9.96. The van der Waals surface area contributed by atoms with Crippen LogP contribution in [0.15, 0.2) is 59.0 Å². The fourth-order valence-electron chi connectivity index (χ4n) is 4.84. The highest BCUT2D eigenvalue weighted by Crippen LogP contribution is 2.27. The van der Waals surface area contributed by atoms with Gasteiger partial charge in [-0.2, -0.15) is 0 Å². The van der Waals surface area contributed by atoms with Crippen molar-refractivity contribution in [2.75, 3.05) is 39.3 Å². The minimum absolute atomic E-state index is 0.211. The van der Waals surface area contributed by atoms with Crippen molar-refractivity contribution in [2.24, 2.45) is 5.73 Å². The summed E-state index contributed by atoms with van der Waals surface area (Å²) in [6.07, 6.45) is 4.61. The molecule has 0 aliphatic carbocycles. The van der Waals surface area contributed by atoms with E-state index in [9.17, 15) is 9.59 Å². The van der Waals surface area contributed by atoms with Crippen molar-refractivity contribution in [3.8, 4) is 0 Å². The van der Waals surface area contributed by atoms with Crippen LogP contribution in [-0.2, 0) is 27.3 Å². The lowest BCUT2D eigenvalue weighted by molar-refractivity contribution is -0.135. The van der Waals surface area contributed by atoms with Crippen LogP contribution in [0.4, 0.5) is 0 Å². The molecule has 3 aliphatic rings. The third-order valence-corrected chi connectivity index (χ3v) is 7.16. The fourth-order valence-corrected chi connectivity index (χ4v) is 4.84. The van der Waals surface area contributed by atoms with E-state index in [0.717, 1.165) is 61.6 Å². The van der Waals surface area contributed by atoms with Gasteiger partial charge in [-0.1, -0.05) is 18.7 Å².